The number of hydrogen-bond donors (Lipinski definition) is 8. The highest BCUT2D eigenvalue weighted by Crippen LogP contribution is 2.38. The molecule has 0 aliphatic carbocycles. The number of benzene rings is 2. The van der Waals surface area contributed by atoms with Crippen molar-refractivity contribution in [2.45, 2.75) is 54.8 Å². The van der Waals surface area contributed by atoms with Crippen LogP contribution in [0.5, 0.6) is 11.5 Å². The Hall–Kier alpha value is -3.90. The van der Waals surface area contributed by atoms with Gasteiger partial charge in [-0.1, -0.05) is 24.3 Å². The van der Waals surface area contributed by atoms with Crippen LogP contribution in [0, 0.1) is 0 Å². The van der Waals surface area contributed by atoms with Crippen LogP contribution < -0.4 is 0 Å². The van der Waals surface area contributed by atoms with Crippen LogP contribution in [0.3, 0.4) is 0 Å². The van der Waals surface area contributed by atoms with Crippen molar-refractivity contribution in [1.82, 2.24) is 0 Å². The maximum Gasteiger partial charge on any atom is 0.331 e. The van der Waals surface area contributed by atoms with E-state index in [0.717, 1.165) is 12.2 Å². The van der Waals surface area contributed by atoms with Crippen molar-refractivity contribution in [2.24, 2.45) is 0 Å². The fourth-order valence-electron chi connectivity index (χ4n) is 4.64. The second-order valence-electron chi connectivity index (χ2n) is 10.3. The Morgan fingerprint density at radius 1 is 0.756 bits per heavy atom. The van der Waals surface area contributed by atoms with Crippen molar-refractivity contribution < 1.29 is 74.1 Å². The highest BCUT2D eigenvalue weighted by atomic mass is 16.8. The van der Waals surface area contributed by atoms with Gasteiger partial charge in [0.25, 0.3) is 0 Å². The van der Waals surface area contributed by atoms with Crippen LogP contribution >= 0.6 is 0 Å². The van der Waals surface area contributed by atoms with Crippen molar-refractivity contribution in [3.63, 3.8) is 0 Å². The van der Waals surface area contributed by atoms with Crippen molar-refractivity contribution in [1.29, 1.82) is 0 Å². The number of ether oxygens (including phenoxy) is 5. The maximum absolute atomic E-state index is 12.8. The summed E-state index contributed by atoms with van der Waals surface area (Å²) in [6, 6.07) is 11.7. The minimum absolute atomic E-state index is 0.00149. The third-order valence-electron chi connectivity index (χ3n) is 7.10. The number of carbonyl (C=O) groups is 2. The normalized spacial score (nSPS) is 31.8. The Balaban J connectivity index is 1.52. The van der Waals surface area contributed by atoms with Gasteiger partial charge in [0.1, 0.15) is 61.3 Å². The summed E-state index contributed by atoms with van der Waals surface area (Å²) in [6.45, 7) is -2.54. The molecule has 0 spiro atoms. The molecule has 45 heavy (non-hydrogen) atoms. The molecule has 2 aromatic rings. The lowest BCUT2D eigenvalue weighted by Gasteiger charge is -2.43. The highest BCUT2D eigenvalue weighted by Gasteiger charge is 2.61. The topological polar surface area (TPSA) is 242 Å². The molecule has 2 aliphatic rings. The Morgan fingerprint density at radius 3 is 1.84 bits per heavy atom. The van der Waals surface area contributed by atoms with Crippen molar-refractivity contribution in [3.05, 3.63) is 71.8 Å². The zero-order valence-corrected chi connectivity index (χ0v) is 23.6. The summed E-state index contributed by atoms with van der Waals surface area (Å²) >= 11 is 0. The number of aliphatic hydroxyl groups excluding tert-OH is 6. The molecule has 15 heteroatoms. The molecule has 2 heterocycles. The summed E-state index contributed by atoms with van der Waals surface area (Å²) in [7, 11) is 0. The van der Waals surface area contributed by atoms with Gasteiger partial charge in [-0.25, -0.2) is 9.59 Å². The third kappa shape index (κ3) is 8.23. The van der Waals surface area contributed by atoms with E-state index in [4.69, 9.17) is 23.7 Å². The molecule has 2 aliphatic heterocycles. The average molecular weight is 635 g/mol. The van der Waals surface area contributed by atoms with Crippen LogP contribution in [0.25, 0.3) is 12.2 Å². The summed E-state index contributed by atoms with van der Waals surface area (Å²) < 4.78 is 27.3. The first kappa shape index (κ1) is 34.0. The predicted molar refractivity (Wildman–Crippen MR) is 151 cm³/mol. The molecule has 2 aromatic carbocycles. The lowest BCUT2D eigenvalue weighted by atomic mass is 9.99. The lowest BCUT2D eigenvalue weighted by Crippen LogP contribution is -2.63. The maximum atomic E-state index is 12.8. The first-order chi connectivity index (χ1) is 21.5. The van der Waals surface area contributed by atoms with E-state index >= 15 is 0 Å². The zero-order valence-electron chi connectivity index (χ0n) is 23.6. The van der Waals surface area contributed by atoms with Gasteiger partial charge in [0.15, 0.2) is 12.4 Å². The van der Waals surface area contributed by atoms with Gasteiger partial charge in [-0.3, -0.25) is 0 Å². The summed E-state index contributed by atoms with van der Waals surface area (Å²) in [5.74, 6) is -4.33. The number of phenolic OH excluding ortho intramolecular Hbond substituents is 2. The lowest BCUT2D eigenvalue weighted by molar-refractivity contribution is -0.383. The number of carbonyl (C=O) groups excluding carboxylic acids is 2. The van der Waals surface area contributed by atoms with Crippen LogP contribution in [0.4, 0.5) is 0 Å². The average Bonchev–Trinajstić information content (AvgIpc) is 3.29. The number of aliphatic hydroxyl groups is 6. The molecule has 0 radical (unpaired) electrons. The summed E-state index contributed by atoms with van der Waals surface area (Å²) in [5, 5.41) is 80.7. The second-order valence-corrected chi connectivity index (χ2v) is 10.3. The number of rotatable bonds is 11. The molecule has 15 nitrogen and oxygen atoms in total. The molecule has 0 saturated carbocycles. The quantitative estimate of drug-likeness (QED) is 0.104. The third-order valence-corrected chi connectivity index (χ3v) is 7.10. The molecule has 0 unspecified atom stereocenters. The van der Waals surface area contributed by atoms with Crippen molar-refractivity contribution in [3.8, 4) is 11.5 Å². The van der Waals surface area contributed by atoms with E-state index in [2.05, 4.69) is 0 Å². The van der Waals surface area contributed by atoms with E-state index in [0.29, 0.717) is 11.1 Å². The Kier molecular flexibility index (Phi) is 11.3. The van der Waals surface area contributed by atoms with Crippen LogP contribution in [0.2, 0.25) is 0 Å². The van der Waals surface area contributed by atoms with Gasteiger partial charge in [-0.05, 0) is 47.5 Å². The van der Waals surface area contributed by atoms with Gasteiger partial charge in [0.05, 0.1) is 6.61 Å². The Morgan fingerprint density at radius 2 is 1.31 bits per heavy atom. The number of hydrogen-bond acceptors (Lipinski definition) is 15. The molecular weight excluding hydrogens is 600 g/mol. The standard InChI is InChI=1S/C30H34O15/c31-13-20-24(37)26(39)27(40)29(42-20)45-30(15-32)28(43-23(36)12-6-17-3-9-19(34)10-4-17)25(38)21(44-30)14-41-22(35)11-5-16-1-7-18(33)8-2-16/h1-12,20-21,24-29,31-34,37-40H,13-15H2/b11-5-,12-6-/t20-,21-,24-,25-,26+,27-,28+,29-,30+/m1/s1. The Labute approximate surface area is 256 Å². The van der Waals surface area contributed by atoms with Crippen LogP contribution in [-0.4, -0.2) is 127 Å². The highest BCUT2D eigenvalue weighted by molar-refractivity contribution is 5.87. The molecule has 2 fully saturated rings. The minimum atomic E-state index is -2.46. The van der Waals surface area contributed by atoms with Gasteiger partial charge in [0.2, 0.25) is 5.79 Å². The fraction of sp³-hybridized carbons (Fsp3) is 0.400. The van der Waals surface area contributed by atoms with Gasteiger partial charge < -0.3 is 64.5 Å². The van der Waals surface area contributed by atoms with E-state index in [1.54, 1.807) is 12.1 Å². The molecule has 0 amide bonds. The van der Waals surface area contributed by atoms with Crippen molar-refractivity contribution >= 4 is 24.1 Å². The molecule has 244 valence electrons. The summed E-state index contributed by atoms with van der Waals surface area (Å²) in [5.41, 5.74) is 1.07. The van der Waals surface area contributed by atoms with E-state index in [1.165, 1.54) is 48.6 Å². The largest absolute Gasteiger partial charge is 0.508 e. The van der Waals surface area contributed by atoms with E-state index in [9.17, 15) is 50.4 Å². The predicted octanol–water partition coefficient (Wildman–Crippen LogP) is -1.46. The second kappa shape index (κ2) is 14.9. The summed E-state index contributed by atoms with van der Waals surface area (Å²) in [6.07, 6.45) is -9.11. The first-order valence-corrected chi connectivity index (χ1v) is 13.7. The SMILES string of the molecule is O=C(/C=C\c1ccc(O)cc1)OC[C@H]1O[C@@](CO)(O[C@H]2O[C@H](CO)[C@@H](O)[C@H](O)[C@H]2O)[C@@H](OC(=O)/C=C\c2ccc(O)cc2)[C@@H]1O. The van der Waals surface area contributed by atoms with Gasteiger partial charge in [0, 0.05) is 12.2 Å². The molecular formula is C30H34O15. The smallest absolute Gasteiger partial charge is 0.331 e. The molecule has 0 bridgehead atoms. The van der Waals surface area contributed by atoms with Crippen LogP contribution in [-0.2, 0) is 33.3 Å². The number of esters is 2. The zero-order chi connectivity index (χ0) is 32.7. The minimum Gasteiger partial charge on any atom is -0.508 e. The molecule has 0 aromatic heterocycles. The van der Waals surface area contributed by atoms with E-state index < -0.39 is 86.6 Å². The van der Waals surface area contributed by atoms with Gasteiger partial charge >= 0.3 is 11.9 Å². The van der Waals surface area contributed by atoms with E-state index in [-0.39, 0.29) is 11.5 Å². The molecule has 9 atom stereocenters. The molecule has 8 N–H and O–H groups in total. The number of aromatic hydroxyl groups is 2. The number of phenols is 2. The van der Waals surface area contributed by atoms with Crippen molar-refractivity contribution in [2.75, 3.05) is 19.8 Å². The van der Waals surface area contributed by atoms with Crippen LogP contribution in [0.1, 0.15) is 11.1 Å². The fourth-order valence-corrected chi connectivity index (χ4v) is 4.64. The first-order valence-electron chi connectivity index (χ1n) is 13.7. The Bertz CT molecular complexity index is 1340. The molecule has 2 saturated heterocycles. The monoisotopic (exact) mass is 634 g/mol. The van der Waals surface area contributed by atoms with E-state index in [1.807, 2.05) is 0 Å². The molecule has 4 rings (SSSR count). The van der Waals surface area contributed by atoms with Crippen LogP contribution in [0.15, 0.2) is 60.7 Å². The summed E-state index contributed by atoms with van der Waals surface area (Å²) in [4.78, 5) is 25.2. The van der Waals surface area contributed by atoms with Gasteiger partial charge in [-0.2, -0.15) is 0 Å². The van der Waals surface area contributed by atoms with Gasteiger partial charge in [-0.15, -0.1) is 0 Å².